The van der Waals surface area contributed by atoms with E-state index in [1.165, 1.54) is 6.07 Å². The lowest BCUT2D eigenvalue weighted by molar-refractivity contribution is -0.117. The lowest BCUT2D eigenvalue weighted by atomic mass is 9.61. The van der Waals surface area contributed by atoms with Gasteiger partial charge in [-0.25, -0.2) is 0 Å². The van der Waals surface area contributed by atoms with Gasteiger partial charge in [0.25, 0.3) is 0 Å². The van der Waals surface area contributed by atoms with Crippen LogP contribution in [0.15, 0.2) is 29.3 Å². The molecule has 1 fully saturated rings. The quantitative estimate of drug-likeness (QED) is 0.714. The number of aliphatic hydroxyl groups is 1. The van der Waals surface area contributed by atoms with Crippen molar-refractivity contribution in [1.82, 2.24) is 0 Å². The summed E-state index contributed by atoms with van der Waals surface area (Å²) in [4.78, 5) is 26.0. The van der Waals surface area contributed by atoms with Gasteiger partial charge in [-0.3, -0.25) is 9.59 Å². The fraction of sp³-hybridized carbons (Fsp3) is 0.474. The molecule has 5 heteroatoms. The molecule has 3 aliphatic carbocycles. The number of carbonyl (C=O) groups is 2. The zero-order valence-electron chi connectivity index (χ0n) is 13.3. The maximum atomic E-state index is 13.3. The number of hydrogen-bond acceptors (Lipinski definition) is 5. The van der Waals surface area contributed by atoms with E-state index in [1.807, 2.05) is 6.92 Å². The number of ketones is 2. The van der Waals surface area contributed by atoms with E-state index >= 15 is 0 Å². The number of aliphatic hydroxyl groups excluding tert-OH is 1. The molecule has 1 heterocycles. The third kappa shape index (κ3) is 1.36. The van der Waals surface area contributed by atoms with E-state index in [0.29, 0.717) is 24.8 Å². The number of allylic oxidation sites excluding steroid dienone is 1. The van der Waals surface area contributed by atoms with Crippen molar-refractivity contribution in [3.05, 3.63) is 40.5 Å². The van der Waals surface area contributed by atoms with Crippen LogP contribution in [-0.2, 0) is 9.53 Å². The second-order valence-corrected chi connectivity index (χ2v) is 7.56. The van der Waals surface area contributed by atoms with Gasteiger partial charge in [-0.15, -0.1) is 0 Å². The number of carbonyl (C=O) groups excluding carboxylic acids is 2. The number of epoxide rings is 1. The maximum absolute atomic E-state index is 13.3. The first-order chi connectivity index (χ1) is 11.4. The van der Waals surface area contributed by atoms with Crippen molar-refractivity contribution in [3.63, 3.8) is 0 Å². The zero-order chi connectivity index (χ0) is 16.9. The number of rotatable bonds is 0. The molecule has 4 unspecified atom stereocenters. The highest BCUT2D eigenvalue weighted by Gasteiger charge is 2.83. The molecule has 5 rings (SSSR count). The number of phenolic OH excluding ortho intramolecular Hbond substituents is 1. The minimum atomic E-state index is -1.34. The molecule has 0 spiro atoms. The molecule has 1 saturated heterocycles. The summed E-state index contributed by atoms with van der Waals surface area (Å²) in [5.74, 6) is -0.155. The standard InChI is InChI=1S/C19H18O5/c1-9-7-10-5-6-18-17(23)14-11(3-2-4-12(14)20)16(22)19(18,24-18)15(10)13(21)8-9/h2-4,9,17,20,23H,5-8H2,1H3. The number of benzene rings is 1. The van der Waals surface area contributed by atoms with E-state index < -0.39 is 17.3 Å². The molecular formula is C19H18O5. The Bertz CT molecular complexity index is 853. The summed E-state index contributed by atoms with van der Waals surface area (Å²) < 4.78 is 5.96. The Hall–Kier alpha value is -1.98. The molecule has 0 aromatic heterocycles. The third-order valence-corrected chi connectivity index (χ3v) is 6.16. The van der Waals surface area contributed by atoms with E-state index in [4.69, 9.17) is 4.74 Å². The maximum Gasteiger partial charge on any atom is 0.203 e. The van der Waals surface area contributed by atoms with E-state index in [9.17, 15) is 19.8 Å². The van der Waals surface area contributed by atoms with Crippen LogP contribution < -0.4 is 0 Å². The molecule has 0 amide bonds. The number of hydrogen-bond donors (Lipinski definition) is 2. The van der Waals surface area contributed by atoms with Gasteiger partial charge < -0.3 is 14.9 Å². The summed E-state index contributed by atoms with van der Waals surface area (Å²) >= 11 is 0. The van der Waals surface area contributed by atoms with Gasteiger partial charge in [0.15, 0.2) is 11.4 Å². The topological polar surface area (TPSA) is 87.1 Å². The van der Waals surface area contributed by atoms with Gasteiger partial charge in [-0.2, -0.15) is 0 Å². The molecule has 5 nitrogen and oxygen atoms in total. The van der Waals surface area contributed by atoms with Gasteiger partial charge in [0.1, 0.15) is 17.5 Å². The minimum Gasteiger partial charge on any atom is -0.508 e. The molecule has 2 N–H and O–H groups in total. The smallest absolute Gasteiger partial charge is 0.203 e. The Morgan fingerprint density at radius 3 is 2.83 bits per heavy atom. The summed E-state index contributed by atoms with van der Waals surface area (Å²) in [5.41, 5.74) is -0.434. The molecule has 1 aliphatic heterocycles. The molecular weight excluding hydrogens is 308 g/mol. The van der Waals surface area contributed by atoms with Crippen molar-refractivity contribution < 1.29 is 24.5 Å². The monoisotopic (exact) mass is 326 g/mol. The molecule has 1 aromatic carbocycles. The van der Waals surface area contributed by atoms with E-state index in [1.54, 1.807) is 12.1 Å². The number of ether oxygens (including phenoxy) is 1. The molecule has 4 atom stereocenters. The van der Waals surface area contributed by atoms with E-state index in [2.05, 4.69) is 0 Å². The van der Waals surface area contributed by atoms with Crippen molar-refractivity contribution in [2.75, 3.05) is 0 Å². The van der Waals surface area contributed by atoms with Crippen LogP contribution in [0.5, 0.6) is 5.75 Å². The van der Waals surface area contributed by atoms with Gasteiger partial charge in [0, 0.05) is 23.1 Å². The van der Waals surface area contributed by atoms with Crippen LogP contribution in [0, 0.1) is 5.92 Å². The fourth-order valence-electron chi connectivity index (χ4n) is 5.16. The zero-order valence-corrected chi connectivity index (χ0v) is 13.3. The van der Waals surface area contributed by atoms with Crippen molar-refractivity contribution in [1.29, 1.82) is 0 Å². The van der Waals surface area contributed by atoms with E-state index in [0.717, 1.165) is 12.0 Å². The summed E-state index contributed by atoms with van der Waals surface area (Å²) in [6, 6.07) is 4.63. The third-order valence-electron chi connectivity index (χ3n) is 6.16. The highest BCUT2D eigenvalue weighted by Crippen LogP contribution is 2.70. The van der Waals surface area contributed by atoms with Crippen molar-refractivity contribution in [2.24, 2.45) is 5.92 Å². The highest BCUT2D eigenvalue weighted by atomic mass is 16.6. The van der Waals surface area contributed by atoms with Crippen LogP contribution in [0.3, 0.4) is 0 Å². The molecule has 0 saturated carbocycles. The lowest BCUT2D eigenvalue weighted by Gasteiger charge is -2.38. The first-order valence-corrected chi connectivity index (χ1v) is 8.43. The average molecular weight is 326 g/mol. The van der Waals surface area contributed by atoms with Gasteiger partial charge in [-0.05, 0) is 31.2 Å². The average Bonchev–Trinajstić information content (AvgIpc) is 3.24. The second kappa shape index (κ2) is 4.16. The Labute approximate surface area is 138 Å². The predicted octanol–water partition coefficient (Wildman–Crippen LogP) is 2.22. The summed E-state index contributed by atoms with van der Waals surface area (Å²) in [6.45, 7) is 2.04. The Balaban J connectivity index is 1.77. The largest absolute Gasteiger partial charge is 0.508 e. The Kier molecular flexibility index (Phi) is 2.49. The van der Waals surface area contributed by atoms with Gasteiger partial charge in [0.2, 0.25) is 5.78 Å². The summed E-state index contributed by atoms with van der Waals surface area (Å²) in [5, 5.41) is 21.0. The lowest BCUT2D eigenvalue weighted by Crippen LogP contribution is -2.49. The van der Waals surface area contributed by atoms with Crippen LogP contribution in [-0.4, -0.2) is 33.0 Å². The van der Waals surface area contributed by atoms with Crippen LogP contribution in [0.25, 0.3) is 0 Å². The molecule has 4 aliphatic rings. The van der Waals surface area contributed by atoms with Crippen LogP contribution in [0.1, 0.15) is 54.6 Å². The molecule has 0 bridgehead atoms. The first-order valence-electron chi connectivity index (χ1n) is 8.43. The van der Waals surface area contributed by atoms with Crippen LogP contribution in [0.4, 0.5) is 0 Å². The summed E-state index contributed by atoms with van der Waals surface area (Å²) in [6.07, 6.45) is 1.26. The van der Waals surface area contributed by atoms with Crippen molar-refractivity contribution in [3.8, 4) is 5.75 Å². The molecule has 24 heavy (non-hydrogen) atoms. The molecule has 0 radical (unpaired) electrons. The van der Waals surface area contributed by atoms with Gasteiger partial charge >= 0.3 is 0 Å². The Morgan fingerprint density at radius 2 is 2.04 bits per heavy atom. The Morgan fingerprint density at radius 1 is 1.25 bits per heavy atom. The van der Waals surface area contributed by atoms with Crippen molar-refractivity contribution in [2.45, 2.75) is 49.9 Å². The van der Waals surface area contributed by atoms with Crippen molar-refractivity contribution >= 4 is 11.6 Å². The summed E-state index contributed by atoms with van der Waals surface area (Å²) in [7, 11) is 0. The first kappa shape index (κ1) is 14.4. The molecule has 1 aromatic rings. The number of phenols is 1. The number of Topliss-reactive ketones (excluding diaryl/α,β-unsaturated/α-hetero) is 2. The second-order valence-electron chi connectivity index (χ2n) is 7.56. The highest BCUT2D eigenvalue weighted by molar-refractivity contribution is 6.18. The van der Waals surface area contributed by atoms with Crippen LogP contribution in [0.2, 0.25) is 0 Å². The predicted molar refractivity (Wildman–Crippen MR) is 83.6 cm³/mol. The number of fused-ring (bicyclic) bond motifs is 1. The van der Waals surface area contributed by atoms with E-state index in [-0.39, 0.29) is 34.4 Å². The van der Waals surface area contributed by atoms with Gasteiger partial charge in [0.05, 0.1) is 0 Å². The SMILES string of the molecule is CC1CC(=O)C2=C(CCC34OC23C(=O)c2cccc(O)c2C4O)C1. The minimum absolute atomic E-state index is 0.0329. The normalized spacial score (nSPS) is 39.8. The molecule has 124 valence electrons. The van der Waals surface area contributed by atoms with Crippen LogP contribution >= 0.6 is 0 Å². The van der Waals surface area contributed by atoms with Gasteiger partial charge in [-0.1, -0.05) is 24.6 Å². The fourth-order valence-corrected chi connectivity index (χ4v) is 5.16. The number of aromatic hydroxyl groups is 1.